The van der Waals surface area contributed by atoms with Gasteiger partial charge in [-0.2, -0.15) is 0 Å². The van der Waals surface area contributed by atoms with Crippen LogP contribution in [0.2, 0.25) is 0 Å². The molecule has 1 aromatic heterocycles. The van der Waals surface area contributed by atoms with E-state index in [0.717, 1.165) is 18.0 Å². The van der Waals surface area contributed by atoms with Crippen LogP contribution in [0.25, 0.3) is 0 Å². The lowest BCUT2D eigenvalue weighted by Crippen LogP contribution is -2.30. The highest BCUT2D eigenvalue weighted by Crippen LogP contribution is 2.27. The molecule has 0 aliphatic heterocycles. The summed E-state index contributed by atoms with van der Waals surface area (Å²) < 4.78 is 0. The number of hydrogen-bond donors (Lipinski definition) is 1. The van der Waals surface area contributed by atoms with Crippen LogP contribution in [0.5, 0.6) is 0 Å². The van der Waals surface area contributed by atoms with Gasteiger partial charge in [0.05, 0.1) is 5.01 Å². The standard InChI is InChI=1S/C15H28N2S/c1-11(9-15(3,4)5)7-13(16-6)8-14-17-12(2)10-18-14/h10-11,13,16H,7-9H2,1-6H3. The van der Waals surface area contributed by atoms with Gasteiger partial charge in [0.15, 0.2) is 0 Å². The first-order valence-corrected chi connectivity index (χ1v) is 7.76. The minimum atomic E-state index is 0.426. The molecule has 3 heteroatoms. The molecule has 104 valence electrons. The van der Waals surface area contributed by atoms with Crippen molar-refractivity contribution in [3.05, 3.63) is 16.1 Å². The van der Waals surface area contributed by atoms with Crippen molar-refractivity contribution in [2.45, 2.75) is 59.9 Å². The molecule has 1 aromatic rings. The number of aromatic nitrogens is 1. The van der Waals surface area contributed by atoms with Crippen LogP contribution in [0.4, 0.5) is 0 Å². The predicted molar refractivity (Wildman–Crippen MR) is 81.3 cm³/mol. The third-order valence-corrected chi connectivity index (χ3v) is 4.13. The van der Waals surface area contributed by atoms with Crippen molar-refractivity contribution in [1.82, 2.24) is 10.3 Å². The molecule has 0 fully saturated rings. The fourth-order valence-electron chi connectivity index (χ4n) is 2.62. The largest absolute Gasteiger partial charge is 0.317 e. The summed E-state index contributed by atoms with van der Waals surface area (Å²) in [5.41, 5.74) is 1.57. The van der Waals surface area contributed by atoms with Crippen LogP contribution < -0.4 is 5.32 Å². The number of likely N-dealkylation sites (N-methyl/N-ethyl adjacent to an activating group) is 1. The summed E-state index contributed by atoms with van der Waals surface area (Å²) in [5.74, 6) is 0.753. The normalized spacial score (nSPS) is 15.7. The molecule has 2 atom stereocenters. The summed E-state index contributed by atoms with van der Waals surface area (Å²) in [6, 6.07) is 0.549. The second-order valence-corrected chi connectivity index (χ2v) is 7.62. The SMILES string of the molecule is CNC(Cc1nc(C)cs1)CC(C)CC(C)(C)C. The monoisotopic (exact) mass is 268 g/mol. The molecule has 0 spiro atoms. The van der Waals surface area contributed by atoms with Gasteiger partial charge in [-0.25, -0.2) is 4.98 Å². The summed E-state index contributed by atoms with van der Waals surface area (Å²) >= 11 is 1.78. The van der Waals surface area contributed by atoms with Gasteiger partial charge in [0.2, 0.25) is 0 Å². The molecule has 1 N–H and O–H groups in total. The second-order valence-electron chi connectivity index (χ2n) is 6.68. The van der Waals surface area contributed by atoms with E-state index in [-0.39, 0.29) is 0 Å². The lowest BCUT2D eigenvalue weighted by atomic mass is 9.82. The Kier molecular flexibility index (Phi) is 5.80. The lowest BCUT2D eigenvalue weighted by Gasteiger charge is -2.26. The second kappa shape index (κ2) is 6.67. The maximum absolute atomic E-state index is 4.56. The van der Waals surface area contributed by atoms with Gasteiger partial charge in [-0.1, -0.05) is 27.7 Å². The van der Waals surface area contributed by atoms with Crippen LogP contribution >= 0.6 is 11.3 Å². The Morgan fingerprint density at radius 3 is 2.50 bits per heavy atom. The summed E-state index contributed by atoms with van der Waals surface area (Å²) in [5, 5.41) is 6.84. The van der Waals surface area contributed by atoms with Crippen molar-refractivity contribution in [2.75, 3.05) is 7.05 Å². The summed E-state index contributed by atoms with van der Waals surface area (Å²) in [6.07, 6.45) is 3.57. The smallest absolute Gasteiger partial charge is 0.0943 e. The summed E-state index contributed by atoms with van der Waals surface area (Å²) in [4.78, 5) is 4.56. The third-order valence-electron chi connectivity index (χ3n) is 3.14. The highest BCUT2D eigenvalue weighted by molar-refractivity contribution is 7.09. The van der Waals surface area contributed by atoms with Crippen molar-refractivity contribution in [1.29, 1.82) is 0 Å². The molecule has 2 nitrogen and oxygen atoms in total. The first-order valence-electron chi connectivity index (χ1n) is 6.88. The Balaban J connectivity index is 2.46. The summed E-state index contributed by atoms with van der Waals surface area (Å²) in [6.45, 7) is 11.4. The Morgan fingerprint density at radius 1 is 1.39 bits per heavy atom. The first-order chi connectivity index (χ1) is 8.30. The summed E-state index contributed by atoms with van der Waals surface area (Å²) in [7, 11) is 2.06. The highest BCUT2D eigenvalue weighted by atomic mass is 32.1. The molecule has 1 heterocycles. The Morgan fingerprint density at radius 2 is 2.06 bits per heavy atom. The zero-order valence-corrected chi connectivity index (χ0v) is 13.5. The molecule has 0 amide bonds. The number of hydrogen-bond acceptors (Lipinski definition) is 3. The average Bonchev–Trinajstić information content (AvgIpc) is 2.60. The van der Waals surface area contributed by atoms with Gasteiger partial charge < -0.3 is 5.32 Å². The number of nitrogens with one attached hydrogen (secondary N) is 1. The lowest BCUT2D eigenvalue weighted by molar-refractivity contribution is 0.277. The maximum atomic E-state index is 4.56. The topological polar surface area (TPSA) is 24.9 Å². The molecule has 0 radical (unpaired) electrons. The van der Waals surface area contributed by atoms with Crippen LogP contribution in [0.1, 0.15) is 51.2 Å². The quantitative estimate of drug-likeness (QED) is 0.842. The van der Waals surface area contributed by atoms with E-state index in [1.807, 2.05) is 0 Å². The number of rotatable bonds is 6. The van der Waals surface area contributed by atoms with E-state index in [1.165, 1.54) is 17.8 Å². The minimum absolute atomic E-state index is 0.426. The van der Waals surface area contributed by atoms with E-state index >= 15 is 0 Å². The van der Waals surface area contributed by atoms with Crippen molar-refractivity contribution in [2.24, 2.45) is 11.3 Å². The highest BCUT2D eigenvalue weighted by Gasteiger charge is 2.19. The molecule has 2 unspecified atom stereocenters. The van der Waals surface area contributed by atoms with Crippen molar-refractivity contribution >= 4 is 11.3 Å². The fraction of sp³-hybridized carbons (Fsp3) is 0.800. The van der Waals surface area contributed by atoms with E-state index < -0.39 is 0 Å². The maximum Gasteiger partial charge on any atom is 0.0943 e. The van der Waals surface area contributed by atoms with E-state index in [9.17, 15) is 0 Å². The predicted octanol–water partition coefficient (Wildman–Crippen LogP) is 4.04. The van der Waals surface area contributed by atoms with E-state index in [2.05, 4.69) is 57.3 Å². The number of thiazole rings is 1. The van der Waals surface area contributed by atoms with Gasteiger partial charge in [0.1, 0.15) is 0 Å². The van der Waals surface area contributed by atoms with E-state index in [4.69, 9.17) is 0 Å². The number of aryl methyl sites for hydroxylation is 1. The molecule has 0 bridgehead atoms. The zero-order chi connectivity index (χ0) is 13.8. The molecular weight excluding hydrogens is 240 g/mol. The van der Waals surface area contributed by atoms with Crippen LogP contribution in [0.3, 0.4) is 0 Å². The van der Waals surface area contributed by atoms with Gasteiger partial charge in [0, 0.05) is 23.5 Å². The molecule has 1 rings (SSSR count). The van der Waals surface area contributed by atoms with Gasteiger partial charge in [-0.05, 0) is 38.1 Å². The van der Waals surface area contributed by atoms with Crippen LogP contribution in [0.15, 0.2) is 5.38 Å². The fourth-order valence-corrected chi connectivity index (χ4v) is 3.48. The molecule has 0 aliphatic carbocycles. The average molecular weight is 268 g/mol. The molecule has 0 saturated carbocycles. The Labute approximate surface area is 116 Å². The van der Waals surface area contributed by atoms with Crippen molar-refractivity contribution < 1.29 is 0 Å². The van der Waals surface area contributed by atoms with Crippen LogP contribution in [-0.4, -0.2) is 18.1 Å². The third kappa shape index (κ3) is 5.96. The number of nitrogens with zero attached hydrogens (tertiary/aromatic N) is 1. The Hall–Kier alpha value is -0.410. The molecular formula is C15H28N2S. The van der Waals surface area contributed by atoms with Gasteiger partial charge in [0.25, 0.3) is 0 Å². The van der Waals surface area contributed by atoms with Crippen molar-refractivity contribution in [3.63, 3.8) is 0 Å². The van der Waals surface area contributed by atoms with E-state index in [0.29, 0.717) is 11.5 Å². The van der Waals surface area contributed by atoms with Gasteiger partial charge >= 0.3 is 0 Å². The van der Waals surface area contributed by atoms with Gasteiger partial charge in [-0.3, -0.25) is 0 Å². The minimum Gasteiger partial charge on any atom is -0.317 e. The first kappa shape index (κ1) is 15.6. The molecule has 0 saturated heterocycles. The van der Waals surface area contributed by atoms with E-state index in [1.54, 1.807) is 11.3 Å². The molecule has 0 aliphatic rings. The molecule has 0 aromatic carbocycles. The van der Waals surface area contributed by atoms with Crippen LogP contribution in [0, 0.1) is 18.3 Å². The Bertz CT molecular complexity index is 352. The molecule has 18 heavy (non-hydrogen) atoms. The van der Waals surface area contributed by atoms with Gasteiger partial charge in [-0.15, -0.1) is 11.3 Å². The zero-order valence-electron chi connectivity index (χ0n) is 12.7. The van der Waals surface area contributed by atoms with Crippen molar-refractivity contribution in [3.8, 4) is 0 Å². The van der Waals surface area contributed by atoms with Crippen LogP contribution in [-0.2, 0) is 6.42 Å².